The molecule has 1 atom stereocenters. The summed E-state index contributed by atoms with van der Waals surface area (Å²) >= 11 is 0. The predicted octanol–water partition coefficient (Wildman–Crippen LogP) is 3.28. The third-order valence-corrected chi connectivity index (χ3v) is 5.60. The van der Waals surface area contributed by atoms with E-state index in [2.05, 4.69) is 20.8 Å². The zero-order valence-electron chi connectivity index (χ0n) is 26.4. The molecule has 0 bridgehead atoms. The topological polar surface area (TPSA) is 113 Å². The Bertz CT molecular complexity index is 450. The SMILES string of the molecule is CCCCOCCOCCOCC(O)COC(COCCOCCOCCCC)COCCOCCOCCCC. The third-order valence-electron chi connectivity index (χ3n) is 5.60. The number of unbranched alkanes of at least 4 members (excludes halogenated alkanes) is 3. The summed E-state index contributed by atoms with van der Waals surface area (Å²) in [6.45, 7) is 15.7. The van der Waals surface area contributed by atoms with Crippen LogP contribution in [0.5, 0.6) is 0 Å². The lowest BCUT2D eigenvalue weighted by Gasteiger charge is -2.20. The van der Waals surface area contributed by atoms with E-state index in [0.29, 0.717) is 92.5 Å². The lowest BCUT2D eigenvalue weighted by Crippen LogP contribution is -2.32. The molecule has 1 N–H and O–H groups in total. The van der Waals surface area contributed by atoms with Gasteiger partial charge in [-0.1, -0.05) is 40.0 Å². The Morgan fingerprint density at radius 2 is 0.659 bits per heavy atom. The molecular formula is C30H62O11. The Hall–Kier alpha value is -0.440. The van der Waals surface area contributed by atoms with Crippen molar-refractivity contribution in [3.05, 3.63) is 0 Å². The van der Waals surface area contributed by atoms with Gasteiger partial charge in [0.25, 0.3) is 0 Å². The van der Waals surface area contributed by atoms with E-state index in [4.69, 9.17) is 47.4 Å². The van der Waals surface area contributed by atoms with Crippen LogP contribution >= 0.6 is 0 Å². The molecule has 0 saturated carbocycles. The zero-order chi connectivity index (χ0) is 29.9. The fourth-order valence-corrected chi connectivity index (χ4v) is 3.15. The molecule has 1 unspecified atom stereocenters. The molecule has 0 rings (SSSR count). The first kappa shape index (κ1) is 40.6. The second-order valence-corrected chi connectivity index (χ2v) is 9.57. The molecule has 0 aliphatic heterocycles. The van der Waals surface area contributed by atoms with Crippen LogP contribution < -0.4 is 0 Å². The minimum atomic E-state index is -0.762. The molecule has 248 valence electrons. The minimum Gasteiger partial charge on any atom is -0.388 e. The van der Waals surface area contributed by atoms with E-state index in [9.17, 15) is 5.11 Å². The Kier molecular flexibility index (Phi) is 35.4. The molecule has 0 spiro atoms. The van der Waals surface area contributed by atoms with Gasteiger partial charge in [0.1, 0.15) is 12.2 Å². The summed E-state index contributed by atoms with van der Waals surface area (Å²) in [4.78, 5) is 0. The number of aliphatic hydroxyl groups is 1. The first-order chi connectivity index (χ1) is 20.2. The van der Waals surface area contributed by atoms with Gasteiger partial charge in [-0.05, 0) is 19.3 Å². The molecule has 11 heteroatoms. The van der Waals surface area contributed by atoms with Gasteiger partial charge in [-0.25, -0.2) is 0 Å². The molecular weight excluding hydrogens is 536 g/mol. The fourth-order valence-electron chi connectivity index (χ4n) is 3.15. The molecule has 0 aromatic carbocycles. The summed E-state index contributed by atoms with van der Waals surface area (Å²) in [7, 11) is 0. The van der Waals surface area contributed by atoms with Crippen LogP contribution in [-0.4, -0.2) is 143 Å². The van der Waals surface area contributed by atoms with Crippen molar-refractivity contribution in [2.24, 2.45) is 0 Å². The van der Waals surface area contributed by atoms with E-state index < -0.39 is 6.10 Å². The predicted molar refractivity (Wildman–Crippen MR) is 158 cm³/mol. The number of rotatable bonds is 36. The van der Waals surface area contributed by atoms with Crippen molar-refractivity contribution in [1.82, 2.24) is 0 Å². The van der Waals surface area contributed by atoms with Gasteiger partial charge < -0.3 is 52.5 Å². The van der Waals surface area contributed by atoms with Gasteiger partial charge in [0.2, 0.25) is 0 Å². The Morgan fingerprint density at radius 3 is 1.00 bits per heavy atom. The maximum atomic E-state index is 10.3. The maximum absolute atomic E-state index is 10.3. The van der Waals surface area contributed by atoms with Crippen molar-refractivity contribution < 1.29 is 52.5 Å². The fraction of sp³-hybridized carbons (Fsp3) is 1.00. The standard InChI is InChI=1S/C30H62O11/c1-4-7-10-32-13-16-35-19-22-38-25-29(31)26-41-30(27-39-23-20-36-17-14-33-11-8-5-2)28-40-24-21-37-18-15-34-12-9-6-3/h29-31H,4-28H2,1-3H3. The van der Waals surface area contributed by atoms with Crippen LogP contribution in [0.15, 0.2) is 0 Å². The first-order valence-corrected chi connectivity index (χ1v) is 15.7. The molecule has 41 heavy (non-hydrogen) atoms. The van der Waals surface area contributed by atoms with Gasteiger partial charge in [0, 0.05) is 19.8 Å². The second kappa shape index (κ2) is 35.8. The van der Waals surface area contributed by atoms with Crippen LogP contribution in [-0.2, 0) is 47.4 Å². The summed E-state index contributed by atoms with van der Waals surface area (Å²) < 4.78 is 55.7. The van der Waals surface area contributed by atoms with Gasteiger partial charge in [0.05, 0.1) is 106 Å². The molecule has 0 aromatic rings. The highest BCUT2D eigenvalue weighted by atomic mass is 16.6. The van der Waals surface area contributed by atoms with E-state index >= 15 is 0 Å². The van der Waals surface area contributed by atoms with Crippen LogP contribution in [0.2, 0.25) is 0 Å². The molecule has 0 amide bonds. The Labute approximate surface area is 249 Å². The number of hydrogen-bond donors (Lipinski definition) is 1. The van der Waals surface area contributed by atoms with Crippen molar-refractivity contribution in [2.45, 2.75) is 71.5 Å². The van der Waals surface area contributed by atoms with Gasteiger partial charge in [-0.3, -0.25) is 0 Å². The minimum absolute atomic E-state index is 0.112. The van der Waals surface area contributed by atoms with E-state index in [-0.39, 0.29) is 19.3 Å². The molecule has 0 heterocycles. The monoisotopic (exact) mass is 598 g/mol. The van der Waals surface area contributed by atoms with Crippen LogP contribution in [0.4, 0.5) is 0 Å². The Morgan fingerprint density at radius 1 is 0.366 bits per heavy atom. The smallest absolute Gasteiger partial charge is 0.104 e. The van der Waals surface area contributed by atoms with Gasteiger partial charge in [-0.2, -0.15) is 0 Å². The summed E-state index contributed by atoms with van der Waals surface area (Å²) in [5, 5.41) is 10.3. The molecule has 0 radical (unpaired) electrons. The van der Waals surface area contributed by atoms with Crippen molar-refractivity contribution in [3.8, 4) is 0 Å². The highest BCUT2D eigenvalue weighted by molar-refractivity contribution is 4.60. The van der Waals surface area contributed by atoms with Gasteiger partial charge in [-0.15, -0.1) is 0 Å². The van der Waals surface area contributed by atoms with Crippen LogP contribution in [0.25, 0.3) is 0 Å². The lowest BCUT2D eigenvalue weighted by atomic mass is 10.3. The van der Waals surface area contributed by atoms with Gasteiger partial charge in [0.15, 0.2) is 0 Å². The quantitative estimate of drug-likeness (QED) is 0.107. The Balaban J connectivity index is 4.01. The second-order valence-electron chi connectivity index (χ2n) is 9.57. The summed E-state index contributed by atoms with van der Waals surface area (Å²) in [5.41, 5.74) is 0. The first-order valence-electron chi connectivity index (χ1n) is 15.7. The average Bonchev–Trinajstić information content (AvgIpc) is 2.98. The molecule has 0 aliphatic carbocycles. The van der Waals surface area contributed by atoms with Crippen LogP contribution in [0.1, 0.15) is 59.3 Å². The molecule has 0 saturated heterocycles. The lowest BCUT2D eigenvalue weighted by molar-refractivity contribution is -0.102. The van der Waals surface area contributed by atoms with Crippen molar-refractivity contribution in [3.63, 3.8) is 0 Å². The molecule has 11 nitrogen and oxygen atoms in total. The molecule has 0 fully saturated rings. The normalized spacial score (nSPS) is 12.5. The number of hydrogen-bond acceptors (Lipinski definition) is 11. The molecule has 0 aliphatic rings. The summed E-state index contributed by atoms with van der Waals surface area (Å²) in [6, 6.07) is 0. The van der Waals surface area contributed by atoms with Crippen LogP contribution in [0.3, 0.4) is 0 Å². The van der Waals surface area contributed by atoms with Crippen LogP contribution in [0, 0.1) is 0 Å². The number of ether oxygens (including phenoxy) is 10. The highest BCUT2D eigenvalue weighted by Gasteiger charge is 2.14. The third kappa shape index (κ3) is 33.9. The van der Waals surface area contributed by atoms with Gasteiger partial charge >= 0.3 is 0 Å². The van der Waals surface area contributed by atoms with Crippen molar-refractivity contribution in [1.29, 1.82) is 0 Å². The average molecular weight is 599 g/mol. The molecule has 0 aromatic heterocycles. The van der Waals surface area contributed by atoms with E-state index in [1.54, 1.807) is 0 Å². The summed E-state index contributed by atoms with van der Waals surface area (Å²) in [6.07, 6.45) is 5.46. The van der Waals surface area contributed by atoms with E-state index in [1.165, 1.54) is 0 Å². The van der Waals surface area contributed by atoms with Crippen molar-refractivity contribution in [2.75, 3.05) is 126 Å². The largest absolute Gasteiger partial charge is 0.388 e. The summed E-state index contributed by atoms with van der Waals surface area (Å²) in [5.74, 6) is 0. The van der Waals surface area contributed by atoms with E-state index in [1.807, 2.05) is 0 Å². The maximum Gasteiger partial charge on any atom is 0.104 e. The number of aliphatic hydroxyl groups excluding tert-OH is 1. The van der Waals surface area contributed by atoms with Crippen molar-refractivity contribution >= 4 is 0 Å². The zero-order valence-corrected chi connectivity index (χ0v) is 26.4. The van der Waals surface area contributed by atoms with E-state index in [0.717, 1.165) is 58.3 Å². The highest BCUT2D eigenvalue weighted by Crippen LogP contribution is 2.00.